The molecule has 0 spiro atoms. The van der Waals surface area contributed by atoms with Gasteiger partial charge in [0.2, 0.25) is 5.89 Å². The van der Waals surface area contributed by atoms with Gasteiger partial charge < -0.3 is 19.8 Å². The summed E-state index contributed by atoms with van der Waals surface area (Å²) in [7, 11) is -2.99. The van der Waals surface area contributed by atoms with E-state index in [9.17, 15) is 8.42 Å². The summed E-state index contributed by atoms with van der Waals surface area (Å²) in [5, 5.41) is 6.28. The molecule has 0 atom stereocenters. The van der Waals surface area contributed by atoms with Crippen LogP contribution in [0.4, 0.5) is 0 Å². The summed E-state index contributed by atoms with van der Waals surface area (Å²) in [4.78, 5) is 8.96. The van der Waals surface area contributed by atoms with Crippen molar-refractivity contribution in [3.8, 4) is 11.5 Å². The monoisotopic (exact) mass is 536 g/mol. The average molecular weight is 536 g/mol. The molecule has 1 aromatic carbocycles. The van der Waals surface area contributed by atoms with Crippen molar-refractivity contribution >= 4 is 39.8 Å². The minimum absolute atomic E-state index is 0. The number of ether oxygens (including phenoxy) is 1. The smallest absolute Gasteiger partial charge is 0.226 e. The molecular weight excluding hydrogens is 507 g/mol. The van der Waals surface area contributed by atoms with Gasteiger partial charge in [-0.2, -0.15) is 0 Å². The van der Waals surface area contributed by atoms with Gasteiger partial charge in [0.25, 0.3) is 0 Å². The molecule has 0 radical (unpaired) electrons. The molecule has 0 saturated carbocycles. The molecule has 0 aliphatic carbocycles. The van der Waals surface area contributed by atoms with Crippen LogP contribution < -0.4 is 10.6 Å². The van der Waals surface area contributed by atoms with E-state index in [0.29, 0.717) is 38.1 Å². The number of hydrogen-bond acceptors (Lipinski definition) is 6. The Kier molecular flexibility index (Phi) is 11.2. The lowest BCUT2D eigenvalue weighted by atomic mass is 10.1. The van der Waals surface area contributed by atoms with Crippen molar-refractivity contribution in [2.24, 2.45) is 4.99 Å². The van der Waals surface area contributed by atoms with Crippen molar-refractivity contribution in [1.82, 2.24) is 15.6 Å². The summed E-state index contributed by atoms with van der Waals surface area (Å²) in [6, 6.07) is 7.98. The standard InChI is InChI=1S/C19H28N4O4S.HI/c1-4-20-19(21-9-10-26-11-12-28(3,24)25)22-13-17-14-27-18(23-17)16-7-5-15(2)6-8-16;/h5-8,14H,4,9-13H2,1-3H3,(H2,20,21,22);1H. The second-order valence-corrected chi connectivity index (χ2v) is 8.63. The molecule has 2 rings (SSSR count). The molecular formula is C19H29IN4O4S. The molecule has 8 nitrogen and oxygen atoms in total. The minimum atomic E-state index is -2.99. The second kappa shape index (κ2) is 12.8. The maximum atomic E-state index is 11.0. The zero-order valence-electron chi connectivity index (χ0n) is 17.0. The zero-order valence-corrected chi connectivity index (χ0v) is 20.1. The predicted octanol–water partition coefficient (Wildman–Crippen LogP) is 2.38. The van der Waals surface area contributed by atoms with Crippen molar-refractivity contribution < 1.29 is 17.6 Å². The molecule has 2 aromatic rings. The zero-order chi connectivity index (χ0) is 20.4. The molecule has 0 bridgehead atoms. The first-order chi connectivity index (χ1) is 13.4. The summed E-state index contributed by atoms with van der Waals surface area (Å²) < 4.78 is 32.9. The van der Waals surface area contributed by atoms with E-state index >= 15 is 0 Å². The van der Waals surface area contributed by atoms with Gasteiger partial charge in [0.1, 0.15) is 21.8 Å². The SMILES string of the molecule is CCNC(=NCc1coc(-c2ccc(C)cc2)n1)NCCOCCS(C)(=O)=O.I. The highest BCUT2D eigenvalue weighted by Crippen LogP contribution is 2.19. The van der Waals surface area contributed by atoms with Crippen molar-refractivity contribution in [3.63, 3.8) is 0 Å². The average Bonchev–Trinajstić information content (AvgIpc) is 3.11. The summed E-state index contributed by atoms with van der Waals surface area (Å²) in [5.74, 6) is 1.23. The topological polar surface area (TPSA) is 106 Å². The first kappa shape index (κ1) is 25.4. The van der Waals surface area contributed by atoms with E-state index in [1.54, 1.807) is 6.26 Å². The highest BCUT2D eigenvalue weighted by molar-refractivity contribution is 14.0. The fraction of sp³-hybridized carbons (Fsp3) is 0.474. The molecule has 0 aliphatic rings. The maximum absolute atomic E-state index is 11.0. The number of guanidine groups is 1. The normalized spacial score (nSPS) is 11.8. The van der Waals surface area contributed by atoms with E-state index in [4.69, 9.17) is 9.15 Å². The molecule has 10 heteroatoms. The summed E-state index contributed by atoms with van der Waals surface area (Å²) in [6.45, 7) is 6.20. The summed E-state index contributed by atoms with van der Waals surface area (Å²) in [5.41, 5.74) is 2.84. The third-order valence-electron chi connectivity index (χ3n) is 3.73. The largest absolute Gasteiger partial charge is 0.444 e. The van der Waals surface area contributed by atoms with Crippen molar-refractivity contribution in [2.45, 2.75) is 20.4 Å². The van der Waals surface area contributed by atoms with E-state index in [0.717, 1.165) is 11.3 Å². The van der Waals surface area contributed by atoms with Gasteiger partial charge in [-0.15, -0.1) is 24.0 Å². The Balaban J connectivity index is 0.00000420. The van der Waals surface area contributed by atoms with Crippen LogP contribution in [0, 0.1) is 6.92 Å². The van der Waals surface area contributed by atoms with E-state index in [1.807, 2.05) is 38.1 Å². The van der Waals surface area contributed by atoms with Gasteiger partial charge in [0, 0.05) is 24.9 Å². The Bertz CT molecular complexity index is 867. The third-order valence-corrected chi connectivity index (χ3v) is 4.64. The number of nitrogens with zero attached hydrogens (tertiary/aromatic N) is 2. The molecule has 0 fully saturated rings. The Morgan fingerprint density at radius 3 is 2.59 bits per heavy atom. The van der Waals surface area contributed by atoms with Gasteiger partial charge in [-0.25, -0.2) is 18.4 Å². The van der Waals surface area contributed by atoms with Crippen LogP contribution in [-0.4, -0.2) is 57.7 Å². The molecule has 0 unspecified atom stereocenters. The number of nitrogens with one attached hydrogen (secondary N) is 2. The van der Waals surface area contributed by atoms with Gasteiger partial charge in [0.15, 0.2) is 5.96 Å². The van der Waals surface area contributed by atoms with Gasteiger partial charge >= 0.3 is 0 Å². The Morgan fingerprint density at radius 1 is 1.21 bits per heavy atom. The lowest BCUT2D eigenvalue weighted by Crippen LogP contribution is -2.39. The van der Waals surface area contributed by atoms with Gasteiger partial charge in [-0.05, 0) is 26.0 Å². The van der Waals surface area contributed by atoms with E-state index in [2.05, 4.69) is 20.6 Å². The fourth-order valence-electron chi connectivity index (χ4n) is 2.26. The molecule has 1 aromatic heterocycles. The maximum Gasteiger partial charge on any atom is 0.226 e. The van der Waals surface area contributed by atoms with Crippen LogP contribution in [0.15, 0.2) is 39.9 Å². The van der Waals surface area contributed by atoms with E-state index in [-0.39, 0.29) is 36.3 Å². The van der Waals surface area contributed by atoms with E-state index in [1.165, 1.54) is 11.8 Å². The molecule has 0 aliphatic heterocycles. The van der Waals surface area contributed by atoms with Crippen molar-refractivity contribution in [2.75, 3.05) is 38.3 Å². The van der Waals surface area contributed by atoms with Crippen molar-refractivity contribution in [3.05, 3.63) is 41.8 Å². The highest BCUT2D eigenvalue weighted by Gasteiger charge is 2.07. The van der Waals surface area contributed by atoms with Crippen LogP contribution >= 0.6 is 24.0 Å². The van der Waals surface area contributed by atoms with E-state index < -0.39 is 9.84 Å². The molecule has 162 valence electrons. The number of benzene rings is 1. The molecule has 0 saturated heterocycles. The number of aromatic nitrogens is 1. The molecule has 2 N–H and O–H groups in total. The first-order valence-electron chi connectivity index (χ1n) is 9.16. The third kappa shape index (κ3) is 10.1. The number of hydrogen-bond donors (Lipinski definition) is 2. The second-order valence-electron chi connectivity index (χ2n) is 6.37. The quantitative estimate of drug-likeness (QED) is 0.208. The Hall–Kier alpha value is -1.66. The van der Waals surface area contributed by atoms with Crippen LogP contribution in [0.25, 0.3) is 11.5 Å². The predicted molar refractivity (Wildman–Crippen MR) is 125 cm³/mol. The fourth-order valence-corrected chi connectivity index (χ4v) is 2.68. The number of halogens is 1. The number of oxazole rings is 1. The van der Waals surface area contributed by atoms with Crippen LogP contribution in [0.1, 0.15) is 18.2 Å². The number of aliphatic imine (C=N–C) groups is 1. The van der Waals surface area contributed by atoms with Crippen LogP contribution in [0.2, 0.25) is 0 Å². The summed E-state index contributed by atoms with van der Waals surface area (Å²) >= 11 is 0. The lowest BCUT2D eigenvalue weighted by Gasteiger charge is -2.11. The van der Waals surface area contributed by atoms with Gasteiger partial charge in [0.05, 0.1) is 25.5 Å². The van der Waals surface area contributed by atoms with Crippen LogP contribution in [0.5, 0.6) is 0 Å². The number of aryl methyl sites for hydroxylation is 1. The number of sulfone groups is 1. The highest BCUT2D eigenvalue weighted by atomic mass is 127. The van der Waals surface area contributed by atoms with Gasteiger partial charge in [-0.1, -0.05) is 17.7 Å². The molecule has 29 heavy (non-hydrogen) atoms. The molecule has 1 heterocycles. The number of rotatable bonds is 10. The van der Waals surface area contributed by atoms with Crippen LogP contribution in [0.3, 0.4) is 0 Å². The summed E-state index contributed by atoms with van der Waals surface area (Å²) in [6.07, 6.45) is 2.80. The Labute approximate surface area is 189 Å². The van der Waals surface area contributed by atoms with Crippen molar-refractivity contribution in [1.29, 1.82) is 0 Å². The Morgan fingerprint density at radius 2 is 1.93 bits per heavy atom. The van der Waals surface area contributed by atoms with Crippen LogP contribution in [-0.2, 0) is 21.1 Å². The lowest BCUT2D eigenvalue weighted by molar-refractivity contribution is 0.154. The van der Waals surface area contributed by atoms with Gasteiger partial charge in [-0.3, -0.25) is 0 Å². The minimum Gasteiger partial charge on any atom is -0.444 e. The molecule has 0 amide bonds. The first-order valence-corrected chi connectivity index (χ1v) is 11.2.